The Bertz CT molecular complexity index is 486. The minimum Gasteiger partial charge on any atom is -0.480 e. The summed E-state index contributed by atoms with van der Waals surface area (Å²) in [5.41, 5.74) is 0.193. The van der Waals surface area contributed by atoms with Crippen molar-refractivity contribution >= 4 is 11.9 Å². The van der Waals surface area contributed by atoms with Gasteiger partial charge in [0.2, 0.25) is 0 Å². The number of aromatic nitrogens is 3. The van der Waals surface area contributed by atoms with Gasteiger partial charge in [0.1, 0.15) is 6.54 Å². The van der Waals surface area contributed by atoms with Gasteiger partial charge in [0, 0.05) is 25.7 Å². The number of amides is 1. The molecule has 1 aromatic rings. The summed E-state index contributed by atoms with van der Waals surface area (Å²) in [5.74, 6) is -1.21. The van der Waals surface area contributed by atoms with Gasteiger partial charge in [-0.05, 0) is 14.0 Å². The lowest BCUT2D eigenvalue weighted by Gasteiger charge is -2.37. The monoisotopic (exact) mass is 267 g/mol. The molecule has 0 saturated carbocycles. The van der Waals surface area contributed by atoms with E-state index in [1.165, 1.54) is 6.20 Å². The third-order valence-corrected chi connectivity index (χ3v) is 3.30. The van der Waals surface area contributed by atoms with Crippen LogP contribution < -0.4 is 0 Å². The Kier molecular flexibility index (Phi) is 3.79. The molecular weight excluding hydrogens is 250 g/mol. The predicted octanol–water partition coefficient (Wildman–Crippen LogP) is -0.861. The van der Waals surface area contributed by atoms with E-state index in [9.17, 15) is 9.59 Å². The highest BCUT2D eigenvalue weighted by atomic mass is 16.4. The third kappa shape index (κ3) is 3.08. The van der Waals surface area contributed by atoms with Crippen LogP contribution in [0.4, 0.5) is 0 Å². The van der Waals surface area contributed by atoms with Crippen molar-refractivity contribution in [3.05, 3.63) is 11.9 Å². The summed E-state index contributed by atoms with van der Waals surface area (Å²) in [6, 6.07) is 0.298. The van der Waals surface area contributed by atoms with Crippen molar-refractivity contribution in [1.82, 2.24) is 24.8 Å². The lowest BCUT2D eigenvalue weighted by atomic mass is 10.2. The molecule has 2 rings (SSSR count). The average Bonchev–Trinajstić information content (AvgIpc) is 2.79. The van der Waals surface area contributed by atoms with Crippen LogP contribution in [0.15, 0.2) is 6.20 Å². The van der Waals surface area contributed by atoms with Crippen LogP contribution in [0.5, 0.6) is 0 Å². The van der Waals surface area contributed by atoms with E-state index in [2.05, 4.69) is 22.1 Å². The molecule has 1 amide bonds. The van der Waals surface area contributed by atoms with Crippen LogP contribution in [-0.4, -0.2) is 74.5 Å². The van der Waals surface area contributed by atoms with E-state index in [-0.39, 0.29) is 18.1 Å². The van der Waals surface area contributed by atoms with Gasteiger partial charge >= 0.3 is 5.97 Å². The Labute approximate surface area is 110 Å². The summed E-state index contributed by atoms with van der Waals surface area (Å²) in [4.78, 5) is 26.6. The molecule has 1 saturated heterocycles. The molecule has 19 heavy (non-hydrogen) atoms. The lowest BCUT2D eigenvalue weighted by molar-refractivity contribution is -0.137. The maximum absolute atomic E-state index is 12.2. The zero-order valence-electron chi connectivity index (χ0n) is 11.0. The Morgan fingerprint density at radius 2 is 2.21 bits per heavy atom. The maximum Gasteiger partial charge on any atom is 0.325 e. The van der Waals surface area contributed by atoms with E-state index in [1.807, 2.05) is 7.05 Å². The number of rotatable bonds is 3. The molecule has 1 aliphatic rings. The van der Waals surface area contributed by atoms with Gasteiger partial charge in [0.15, 0.2) is 5.69 Å². The minimum absolute atomic E-state index is 0.193. The highest BCUT2D eigenvalue weighted by Crippen LogP contribution is 2.10. The SMILES string of the molecule is CC1CN(C(=O)c2cn(CC(=O)O)nn2)CCN1C. The number of piperazine rings is 1. The molecule has 0 radical (unpaired) electrons. The Hall–Kier alpha value is -1.96. The van der Waals surface area contributed by atoms with Crippen molar-refractivity contribution in [2.75, 3.05) is 26.7 Å². The van der Waals surface area contributed by atoms with E-state index in [1.54, 1.807) is 4.90 Å². The fourth-order valence-electron chi connectivity index (χ4n) is 2.01. The van der Waals surface area contributed by atoms with Gasteiger partial charge in [-0.25, -0.2) is 4.68 Å². The molecular formula is C11H17N5O3. The summed E-state index contributed by atoms with van der Waals surface area (Å²) in [5, 5.41) is 16.0. The Morgan fingerprint density at radius 3 is 2.84 bits per heavy atom. The van der Waals surface area contributed by atoms with Crippen LogP contribution in [0, 0.1) is 0 Å². The van der Waals surface area contributed by atoms with Gasteiger partial charge in [-0.1, -0.05) is 5.21 Å². The van der Waals surface area contributed by atoms with Crippen molar-refractivity contribution in [1.29, 1.82) is 0 Å². The lowest BCUT2D eigenvalue weighted by Crippen LogP contribution is -2.52. The number of hydrogen-bond donors (Lipinski definition) is 1. The minimum atomic E-state index is -1.02. The van der Waals surface area contributed by atoms with Crippen LogP contribution >= 0.6 is 0 Å². The van der Waals surface area contributed by atoms with Crippen LogP contribution in [0.3, 0.4) is 0 Å². The first-order valence-corrected chi connectivity index (χ1v) is 6.09. The summed E-state index contributed by atoms with van der Waals surface area (Å²) < 4.78 is 1.15. The molecule has 104 valence electrons. The Balaban J connectivity index is 2.03. The molecule has 8 heteroatoms. The summed E-state index contributed by atoms with van der Waals surface area (Å²) in [6.07, 6.45) is 1.37. The molecule has 8 nitrogen and oxygen atoms in total. The fraction of sp³-hybridized carbons (Fsp3) is 0.636. The number of aliphatic carboxylic acids is 1. The number of carbonyl (C=O) groups excluding carboxylic acids is 1. The molecule has 0 bridgehead atoms. The third-order valence-electron chi connectivity index (χ3n) is 3.30. The van der Waals surface area contributed by atoms with E-state index < -0.39 is 5.97 Å². The molecule has 0 spiro atoms. The first kappa shape index (κ1) is 13.5. The van der Waals surface area contributed by atoms with Gasteiger partial charge in [0.05, 0.1) is 6.20 Å². The number of carbonyl (C=O) groups is 2. The molecule has 1 aromatic heterocycles. The summed E-state index contributed by atoms with van der Waals surface area (Å²) in [7, 11) is 2.02. The average molecular weight is 267 g/mol. The molecule has 0 aliphatic carbocycles. The number of carboxylic acids is 1. The van der Waals surface area contributed by atoms with Gasteiger partial charge in [-0.3, -0.25) is 9.59 Å². The van der Waals surface area contributed by atoms with Crippen LogP contribution in [-0.2, 0) is 11.3 Å². The van der Waals surface area contributed by atoms with Crippen molar-refractivity contribution in [2.24, 2.45) is 0 Å². The molecule has 2 heterocycles. The van der Waals surface area contributed by atoms with Crippen LogP contribution in [0.1, 0.15) is 17.4 Å². The molecule has 1 fully saturated rings. The normalized spacial score (nSPS) is 20.5. The van der Waals surface area contributed by atoms with Crippen molar-refractivity contribution in [3.63, 3.8) is 0 Å². The number of nitrogens with zero attached hydrogens (tertiary/aromatic N) is 5. The van der Waals surface area contributed by atoms with Gasteiger partial charge < -0.3 is 14.9 Å². The van der Waals surface area contributed by atoms with Gasteiger partial charge in [-0.15, -0.1) is 5.10 Å². The zero-order chi connectivity index (χ0) is 14.0. The smallest absolute Gasteiger partial charge is 0.325 e. The number of hydrogen-bond acceptors (Lipinski definition) is 5. The van der Waals surface area contributed by atoms with Crippen LogP contribution in [0.2, 0.25) is 0 Å². The van der Waals surface area contributed by atoms with E-state index in [4.69, 9.17) is 5.11 Å². The fourth-order valence-corrected chi connectivity index (χ4v) is 2.01. The zero-order valence-corrected chi connectivity index (χ0v) is 11.0. The van der Waals surface area contributed by atoms with Gasteiger partial charge in [0.25, 0.3) is 5.91 Å². The van der Waals surface area contributed by atoms with Crippen LogP contribution in [0.25, 0.3) is 0 Å². The van der Waals surface area contributed by atoms with E-state index >= 15 is 0 Å². The first-order valence-electron chi connectivity index (χ1n) is 6.09. The quantitative estimate of drug-likeness (QED) is 0.766. The second-order valence-corrected chi connectivity index (χ2v) is 4.78. The predicted molar refractivity (Wildman–Crippen MR) is 65.7 cm³/mol. The highest BCUT2D eigenvalue weighted by Gasteiger charge is 2.26. The second kappa shape index (κ2) is 5.35. The van der Waals surface area contributed by atoms with Crippen molar-refractivity contribution in [3.8, 4) is 0 Å². The van der Waals surface area contributed by atoms with Crippen molar-refractivity contribution in [2.45, 2.75) is 19.5 Å². The molecule has 0 aromatic carbocycles. The summed E-state index contributed by atoms with van der Waals surface area (Å²) in [6.45, 7) is 3.86. The largest absolute Gasteiger partial charge is 0.480 e. The van der Waals surface area contributed by atoms with Gasteiger partial charge in [-0.2, -0.15) is 0 Å². The summed E-state index contributed by atoms with van der Waals surface area (Å²) >= 11 is 0. The van der Waals surface area contributed by atoms with Crippen molar-refractivity contribution < 1.29 is 14.7 Å². The van der Waals surface area contributed by atoms with E-state index in [0.29, 0.717) is 19.1 Å². The topological polar surface area (TPSA) is 91.6 Å². The molecule has 1 aliphatic heterocycles. The second-order valence-electron chi connectivity index (χ2n) is 4.78. The standard InChI is InChI=1S/C11H17N5O3/c1-8-5-15(4-3-14(8)2)11(19)9-6-16(13-12-9)7-10(17)18/h6,8H,3-5,7H2,1-2H3,(H,17,18). The highest BCUT2D eigenvalue weighted by molar-refractivity contribution is 5.92. The number of likely N-dealkylation sites (N-methyl/N-ethyl adjacent to an activating group) is 1. The molecule has 1 unspecified atom stereocenters. The molecule has 1 N–H and O–H groups in total. The maximum atomic E-state index is 12.2. The number of carboxylic acid groups (broad SMARTS) is 1. The first-order chi connectivity index (χ1) is 8.97. The van der Waals surface area contributed by atoms with E-state index in [0.717, 1.165) is 11.2 Å². The Morgan fingerprint density at radius 1 is 1.47 bits per heavy atom. The molecule has 1 atom stereocenters.